The monoisotopic (exact) mass is 465 g/mol. The molecular weight excluding hydrogens is 440 g/mol. The first-order chi connectivity index (χ1) is 16.5. The molecule has 1 N–H and O–H groups in total. The molecule has 2 heterocycles. The normalized spacial score (nSPS) is 17.4. The van der Waals surface area contributed by atoms with E-state index in [1.807, 2.05) is 31.2 Å². The maximum absolute atomic E-state index is 13.9. The summed E-state index contributed by atoms with van der Waals surface area (Å²) in [6, 6.07) is 10.5. The van der Waals surface area contributed by atoms with Crippen molar-refractivity contribution in [3.63, 3.8) is 0 Å². The summed E-state index contributed by atoms with van der Waals surface area (Å²) in [7, 11) is 0. The van der Waals surface area contributed by atoms with Crippen molar-refractivity contribution in [1.82, 2.24) is 9.80 Å². The van der Waals surface area contributed by atoms with Crippen LogP contribution >= 0.6 is 0 Å². The zero-order chi connectivity index (χ0) is 24.1. The lowest BCUT2D eigenvalue weighted by Crippen LogP contribution is -2.51. The van der Waals surface area contributed by atoms with Crippen LogP contribution < -0.4 is 10.1 Å². The van der Waals surface area contributed by atoms with Crippen molar-refractivity contribution >= 4 is 29.3 Å². The van der Waals surface area contributed by atoms with E-state index in [1.54, 1.807) is 4.90 Å². The Morgan fingerprint density at radius 1 is 1.15 bits per heavy atom. The van der Waals surface area contributed by atoms with Gasteiger partial charge in [0.2, 0.25) is 0 Å². The van der Waals surface area contributed by atoms with Crippen LogP contribution in [-0.2, 0) is 0 Å². The van der Waals surface area contributed by atoms with Gasteiger partial charge in [0.15, 0.2) is 0 Å². The van der Waals surface area contributed by atoms with E-state index in [2.05, 4.69) is 16.3 Å². The number of amidine groups is 1. The summed E-state index contributed by atoms with van der Waals surface area (Å²) in [5.74, 6) is 0.0674. The Bertz CT molecular complexity index is 1180. The maximum atomic E-state index is 13.9. The molecule has 2 aromatic rings. The van der Waals surface area contributed by atoms with Gasteiger partial charge in [0.25, 0.3) is 0 Å². The van der Waals surface area contributed by atoms with E-state index in [4.69, 9.17) is 9.73 Å². The fraction of sp³-hybridized carbons (Fsp3) is 0.320. The van der Waals surface area contributed by atoms with Gasteiger partial charge in [-0.3, -0.25) is 0 Å². The number of benzene rings is 2. The molecule has 0 radical (unpaired) electrons. The molecule has 0 bridgehead atoms. The molecule has 0 aromatic heterocycles. The number of nitriles is 1. The minimum Gasteiger partial charge on any atom is -0.494 e. The highest BCUT2D eigenvalue weighted by Crippen LogP contribution is 2.30. The summed E-state index contributed by atoms with van der Waals surface area (Å²) >= 11 is 0. The number of hydrogen-bond acceptors (Lipinski definition) is 5. The third-order valence-electron chi connectivity index (χ3n) is 5.76. The molecule has 2 amide bonds. The summed E-state index contributed by atoms with van der Waals surface area (Å²) in [5, 5.41) is 12.1. The van der Waals surface area contributed by atoms with E-state index in [-0.39, 0.29) is 5.69 Å². The van der Waals surface area contributed by atoms with Crippen molar-refractivity contribution < 1.29 is 18.3 Å². The van der Waals surface area contributed by atoms with Crippen molar-refractivity contribution in [1.29, 1.82) is 5.26 Å². The Labute approximate surface area is 196 Å². The minimum absolute atomic E-state index is 0.0583. The number of aliphatic imine (C=N–C) groups is 1. The highest BCUT2D eigenvalue weighted by atomic mass is 19.1. The smallest absolute Gasteiger partial charge is 0.322 e. The fourth-order valence-corrected chi connectivity index (χ4v) is 3.98. The Kier molecular flexibility index (Phi) is 7.07. The highest BCUT2D eigenvalue weighted by molar-refractivity contribution is 5.91. The van der Waals surface area contributed by atoms with Crippen molar-refractivity contribution in [3.8, 4) is 11.8 Å². The van der Waals surface area contributed by atoms with Crippen LogP contribution in [0.1, 0.15) is 25.3 Å². The molecule has 0 aliphatic carbocycles. The van der Waals surface area contributed by atoms with Gasteiger partial charge in [0, 0.05) is 49.8 Å². The average Bonchev–Trinajstić information content (AvgIpc) is 2.82. The van der Waals surface area contributed by atoms with Crippen molar-refractivity contribution in [2.45, 2.75) is 19.8 Å². The van der Waals surface area contributed by atoms with Gasteiger partial charge in [-0.15, -0.1) is 0 Å². The number of urea groups is 1. The number of ether oxygens (including phenoxy) is 1. The predicted molar refractivity (Wildman–Crippen MR) is 126 cm³/mol. The molecule has 1 saturated heterocycles. The highest BCUT2D eigenvalue weighted by Gasteiger charge is 2.25. The molecule has 34 heavy (non-hydrogen) atoms. The van der Waals surface area contributed by atoms with Gasteiger partial charge in [0.1, 0.15) is 23.2 Å². The third-order valence-corrected chi connectivity index (χ3v) is 5.76. The quantitative estimate of drug-likeness (QED) is 0.696. The number of halogens is 2. The number of carbonyl (C=O) groups is 1. The molecule has 2 aliphatic rings. The van der Waals surface area contributed by atoms with Gasteiger partial charge in [-0.05, 0) is 49.8 Å². The van der Waals surface area contributed by atoms with E-state index in [9.17, 15) is 18.8 Å². The molecule has 1 fully saturated rings. The molecule has 0 unspecified atom stereocenters. The Hall–Kier alpha value is -3.93. The van der Waals surface area contributed by atoms with Gasteiger partial charge in [-0.2, -0.15) is 5.26 Å². The Morgan fingerprint density at radius 3 is 2.65 bits per heavy atom. The molecule has 2 aromatic carbocycles. The summed E-state index contributed by atoms with van der Waals surface area (Å²) in [4.78, 5) is 21.2. The van der Waals surface area contributed by atoms with Crippen LogP contribution in [-0.4, -0.2) is 54.5 Å². The van der Waals surface area contributed by atoms with E-state index in [1.165, 1.54) is 6.07 Å². The average molecular weight is 466 g/mol. The molecule has 0 atom stereocenters. The zero-order valence-corrected chi connectivity index (χ0v) is 18.9. The van der Waals surface area contributed by atoms with E-state index < -0.39 is 17.7 Å². The van der Waals surface area contributed by atoms with Crippen LogP contribution in [0.2, 0.25) is 0 Å². The van der Waals surface area contributed by atoms with Crippen molar-refractivity contribution in [3.05, 3.63) is 59.2 Å². The van der Waals surface area contributed by atoms with E-state index >= 15 is 0 Å². The second-order valence-corrected chi connectivity index (χ2v) is 7.99. The first kappa shape index (κ1) is 23.2. The number of amides is 2. The van der Waals surface area contributed by atoms with Crippen LogP contribution in [0.25, 0.3) is 6.08 Å². The van der Waals surface area contributed by atoms with Crippen LogP contribution in [0.15, 0.2) is 47.0 Å². The number of fused-ring (bicyclic) bond motifs is 1. The van der Waals surface area contributed by atoms with Gasteiger partial charge >= 0.3 is 6.03 Å². The first-order valence-electron chi connectivity index (χ1n) is 11.2. The topological polar surface area (TPSA) is 81.0 Å². The zero-order valence-electron chi connectivity index (χ0n) is 18.9. The summed E-state index contributed by atoms with van der Waals surface area (Å²) in [5.41, 5.74) is 2.20. The summed E-state index contributed by atoms with van der Waals surface area (Å²) in [6.07, 6.45) is 3.03. The number of nitrogens with one attached hydrogen (secondary N) is 1. The maximum Gasteiger partial charge on any atom is 0.322 e. The van der Waals surface area contributed by atoms with E-state index in [0.717, 1.165) is 35.0 Å². The number of hydrogen-bond donors (Lipinski definition) is 1. The van der Waals surface area contributed by atoms with Crippen LogP contribution in [0.5, 0.6) is 5.75 Å². The van der Waals surface area contributed by atoms with Gasteiger partial charge in [-0.1, -0.05) is 0 Å². The van der Waals surface area contributed by atoms with Crippen molar-refractivity contribution in [2.75, 3.05) is 38.1 Å². The predicted octanol–water partition coefficient (Wildman–Crippen LogP) is 4.94. The molecule has 2 aliphatic heterocycles. The second kappa shape index (κ2) is 10.3. The molecule has 0 saturated carbocycles. The Balaban J connectivity index is 1.45. The number of nitrogens with zero attached hydrogens (tertiary/aromatic N) is 4. The van der Waals surface area contributed by atoms with Gasteiger partial charge in [-0.25, -0.2) is 18.6 Å². The number of allylic oxidation sites excluding steroid dienone is 1. The lowest BCUT2D eigenvalue weighted by molar-refractivity contribution is 0.180. The largest absolute Gasteiger partial charge is 0.494 e. The number of piperazine rings is 1. The van der Waals surface area contributed by atoms with E-state index in [0.29, 0.717) is 51.2 Å². The van der Waals surface area contributed by atoms with Crippen LogP contribution in [0.3, 0.4) is 0 Å². The SMILES string of the molecule is CCOc1ccc2c(c1)/C=C(/C#N)CCC(N1CCN(C(=O)Nc3ccc(F)cc3F)CC1)=N2. The first-order valence-corrected chi connectivity index (χ1v) is 11.2. The lowest BCUT2D eigenvalue weighted by Gasteiger charge is -2.36. The minimum atomic E-state index is -0.816. The Morgan fingerprint density at radius 2 is 1.94 bits per heavy atom. The lowest BCUT2D eigenvalue weighted by atomic mass is 10.0. The molecule has 176 valence electrons. The molecule has 9 heteroatoms. The summed E-state index contributed by atoms with van der Waals surface area (Å²) in [6.45, 7) is 4.41. The molecule has 4 rings (SSSR count). The van der Waals surface area contributed by atoms with Gasteiger partial charge in [0.05, 0.1) is 24.1 Å². The number of carbonyl (C=O) groups excluding carboxylic acids is 1. The molecular formula is C25H25F2N5O2. The second-order valence-electron chi connectivity index (χ2n) is 7.99. The fourth-order valence-electron chi connectivity index (χ4n) is 3.98. The van der Waals surface area contributed by atoms with Crippen LogP contribution in [0, 0.1) is 23.0 Å². The number of anilines is 1. The number of rotatable bonds is 3. The van der Waals surface area contributed by atoms with Gasteiger partial charge < -0.3 is 19.9 Å². The molecule has 7 nitrogen and oxygen atoms in total. The summed E-state index contributed by atoms with van der Waals surface area (Å²) < 4.78 is 32.6. The standard InChI is InChI=1S/C25H25F2N5O2/c1-2-34-20-5-7-22-18(14-20)13-17(16-28)3-8-24(29-22)31-9-11-32(12-10-31)25(33)30-23-6-4-19(26)15-21(23)27/h4-7,13-15H,2-3,8-12H2,1H3,(H,30,33)/b17-13+,29-24?. The van der Waals surface area contributed by atoms with Crippen LogP contribution in [0.4, 0.5) is 25.0 Å². The third kappa shape index (κ3) is 5.34. The molecule has 0 spiro atoms. The van der Waals surface area contributed by atoms with Crippen molar-refractivity contribution in [2.24, 2.45) is 4.99 Å².